The van der Waals surface area contributed by atoms with Gasteiger partial charge < -0.3 is 10.5 Å². The molecular weight excluding hydrogens is 250 g/mol. The fourth-order valence-electron chi connectivity index (χ4n) is 2.90. The lowest BCUT2D eigenvalue weighted by molar-refractivity contribution is 0.0567. The van der Waals surface area contributed by atoms with Gasteiger partial charge in [-0.25, -0.2) is 0 Å². The zero-order valence-electron chi connectivity index (χ0n) is 13.0. The van der Waals surface area contributed by atoms with Gasteiger partial charge in [0.2, 0.25) is 0 Å². The van der Waals surface area contributed by atoms with E-state index in [0.717, 1.165) is 25.4 Å². The van der Waals surface area contributed by atoms with E-state index in [2.05, 4.69) is 42.8 Å². The van der Waals surface area contributed by atoms with E-state index < -0.39 is 0 Å². The molecule has 0 bridgehead atoms. The van der Waals surface area contributed by atoms with Crippen LogP contribution in [-0.4, -0.2) is 55.7 Å². The van der Waals surface area contributed by atoms with E-state index in [4.69, 9.17) is 10.5 Å². The minimum absolute atomic E-state index is 0.0590. The lowest BCUT2D eigenvalue weighted by atomic mass is 10.0. The summed E-state index contributed by atoms with van der Waals surface area (Å²) >= 11 is 0. The highest BCUT2D eigenvalue weighted by Gasteiger charge is 2.27. The van der Waals surface area contributed by atoms with Crippen molar-refractivity contribution in [2.75, 3.05) is 33.8 Å². The Morgan fingerprint density at radius 1 is 1.20 bits per heavy atom. The second kappa shape index (κ2) is 6.57. The zero-order valence-corrected chi connectivity index (χ0v) is 13.0. The maximum atomic E-state index is 6.35. The second-order valence-corrected chi connectivity index (χ2v) is 5.96. The number of methoxy groups -OCH3 is 1. The van der Waals surface area contributed by atoms with E-state index in [1.54, 1.807) is 7.11 Å². The maximum absolute atomic E-state index is 6.35. The van der Waals surface area contributed by atoms with Crippen molar-refractivity contribution in [3.8, 4) is 5.75 Å². The highest BCUT2D eigenvalue weighted by Crippen LogP contribution is 2.19. The Hall–Kier alpha value is -1.10. The number of likely N-dealkylation sites (N-methyl/N-ethyl adjacent to an activating group) is 1. The molecule has 1 saturated heterocycles. The number of ether oxygens (including phenoxy) is 1. The summed E-state index contributed by atoms with van der Waals surface area (Å²) in [5.41, 5.74) is 7.52. The molecule has 0 amide bonds. The van der Waals surface area contributed by atoms with Crippen LogP contribution in [0.25, 0.3) is 0 Å². The molecule has 0 aromatic heterocycles. The van der Waals surface area contributed by atoms with Gasteiger partial charge in [-0.05, 0) is 38.6 Å². The van der Waals surface area contributed by atoms with Gasteiger partial charge in [-0.1, -0.05) is 12.1 Å². The molecule has 1 aliphatic heterocycles. The van der Waals surface area contributed by atoms with Crippen LogP contribution in [0.4, 0.5) is 0 Å². The minimum Gasteiger partial charge on any atom is -0.497 e. The molecule has 2 rings (SSSR count). The first-order valence-corrected chi connectivity index (χ1v) is 7.35. The molecule has 0 spiro atoms. The number of nitrogens with two attached hydrogens (primary N) is 1. The molecule has 4 nitrogen and oxygen atoms in total. The first kappa shape index (κ1) is 15.3. The van der Waals surface area contributed by atoms with Crippen molar-refractivity contribution >= 4 is 0 Å². The van der Waals surface area contributed by atoms with Gasteiger partial charge in [0.05, 0.1) is 7.11 Å². The average Bonchev–Trinajstić information content (AvgIpc) is 2.44. The summed E-state index contributed by atoms with van der Waals surface area (Å²) in [5.74, 6) is 0.878. The van der Waals surface area contributed by atoms with Crippen LogP contribution in [0.15, 0.2) is 24.3 Å². The molecule has 4 heteroatoms. The number of hydrogen-bond donors (Lipinski definition) is 1. The van der Waals surface area contributed by atoms with Crippen LogP contribution in [0.5, 0.6) is 5.75 Å². The lowest BCUT2D eigenvalue weighted by Gasteiger charge is -2.43. The third kappa shape index (κ3) is 3.51. The third-order valence-corrected chi connectivity index (χ3v) is 4.43. The number of hydrogen-bond acceptors (Lipinski definition) is 4. The van der Waals surface area contributed by atoms with Gasteiger partial charge in [0.25, 0.3) is 0 Å². The maximum Gasteiger partial charge on any atom is 0.118 e. The van der Waals surface area contributed by atoms with Crippen LogP contribution >= 0.6 is 0 Å². The summed E-state index contributed by atoms with van der Waals surface area (Å²) in [6, 6.07) is 9.31. The average molecular weight is 277 g/mol. The standard InChI is InChI=1S/C16H27N3O/c1-12-9-19(10-13(2)18(12)3)11-16(17)14-5-7-15(20-4)8-6-14/h5-8,12-13,16H,9-11,17H2,1-4H3. The quantitative estimate of drug-likeness (QED) is 0.910. The molecule has 0 saturated carbocycles. The molecule has 1 heterocycles. The molecule has 1 aliphatic rings. The summed E-state index contributed by atoms with van der Waals surface area (Å²) in [5, 5.41) is 0. The van der Waals surface area contributed by atoms with Crippen molar-refractivity contribution in [2.24, 2.45) is 5.73 Å². The number of nitrogens with zero attached hydrogens (tertiary/aromatic N) is 2. The van der Waals surface area contributed by atoms with Crippen molar-refractivity contribution in [1.82, 2.24) is 9.80 Å². The summed E-state index contributed by atoms with van der Waals surface area (Å²) in [6.07, 6.45) is 0. The van der Waals surface area contributed by atoms with Gasteiger partial charge in [0.15, 0.2) is 0 Å². The van der Waals surface area contributed by atoms with Crippen LogP contribution in [0.1, 0.15) is 25.5 Å². The smallest absolute Gasteiger partial charge is 0.118 e. The van der Waals surface area contributed by atoms with Crippen molar-refractivity contribution in [2.45, 2.75) is 32.0 Å². The third-order valence-electron chi connectivity index (χ3n) is 4.43. The Morgan fingerprint density at radius 3 is 2.25 bits per heavy atom. The molecule has 1 aromatic rings. The molecule has 1 aromatic carbocycles. The molecule has 112 valence electrons. The summed E-state index contributed by atoms with van der Waals surface area (Å²) in [6.45, 7) is 7.65. The molecule has 3 unspecified atom stereocenters. The number of piperazine rings is 1. The van der Waals surface area contributed by atoms with Gasteiger partial charge in [0.1, 0.15) is 5.75 Å². The monoisotopic (exact) mass is 277 g/mol. The number of benzene rings is 1. The van der Waals surface area contributed by atoms with Crippen LogP contribution in [-0.2, 0) is 0 Å². The Balaban J connectivity index is 1.95. The predicted octanol–water partition coefficient (Wildman–Crippen LogP) is 1.72. The highest BCUT2D eigenvalue weighted by atomic mass is 16.5. The van der Waals surface area contributed by atoms with Crippen LogP contribution < -0.4 is 10.5 Å². The highest BCUT2D eigenvalue weighted by molar-refractivity contribution is 5.29. The van der Waals surface area contributed by atoms with Crippen LogP contribution in [0.2, 0.25) is 0 Å². The van der Waals surface area contributed by atoms with E-state index >= 15 is 0 Å². The van der Waals surface area contributed by atoms with Crippen LogP contribution in [0, 0.1) is 0 Å². The van der Waals surface area contributed by atoms with E-state index in [0.29, 0.717) is 12.1 Å². The normalized spacial score (nSPS) is 26.4. The van der Waals surface area contributed by atoms with E-state index in [-0.39, 0.29) is 6.04 Å². The van der Waals surface area contributed by atoms with E-state index in [1.165, 1.54) is 5.56 Å². The van der Waals surface area contributed by atoms with Crippen molar-refractivity contribution < 1.29 is 4.74 Å². The Labute approximate surface area is 122 Å². The first-order valence-electron chi connectivity index (χ1n) is 7.35. The van der Waals surface area contributed by atoms with Gasteiger partial charge >= 0.3 is 0 Å². The number of rotatable bonds is 4. The molecule has 2 N–H and O–H groups in total. The van der Waals surface area contributed by atoms with Gasteiger partial charge in [-0.3, -0.25) is 9.80 Å². The Kier molecular flexibility index (Phi) is 5.02. The van der Waals surface area contributed by atoms with Gasteiger partial charge in [-0.15, -0.1) is 0 Å². The molecule has 0 radical (unpaired) electrons. The fourth-order valence-corrected chi connectivity index (χ4v) is 2.90. The molecule has 3 atom stereocenters. The minimum atomic E-state index is 0.0590. The second-order valence-electron chi connectivity index (χ2n) is 5.96. The molecule has 0 aliphatic carbocycles. The Morgan fingerprint density at radius 2 is 1.75 bits per heavy atom. The van der Waals surface area contributed by atoms with Gasteiger partial charge in [0, 0.05) is 37.8 Å². The van der Waals surface area contributed by atoms with E-state index in [1.807, 2.05) is 12.1 Å². The summed E-state index contributed by atoms with van der Waals surface area (Å²) < 4.78 is 5.18. The summed E-state index contributed by atoms with van der Waals surface area (Å²) in [7, 11) is 3.89. The van der Waals surface area contributed by atoms with Crippen molar-refractivity contribution in [3.63, 3.8) is 0 Å². The SMILES string of the molecule is COc1ccc(C(N)CN2CC(C)N(C)C(C)C2)cc1. The Bertz CT molecular complexity index is 408. The largest absolute Gasteiger partial charge is 0.497 e. The fraction of sp³-hybridized carbons (Fsp3) is 0.625. The zero-order chi connectivity index (χ0) is 14.7. The first-order chi connectivity index (χ1) is 9.51. The van der Waals surface area contributed by atoms with Crippen LogP contribution in [0.3, 0.4) is 0 Å². The molecular formula is C16H27N3O. The molecule has 20 heavy (non-hydrogen) atoms. The lowest BCUT2D eigenvalue weighted by Crippen LogP contribution is -2.55. The summed E-state index contributed by atoms with van der Waals surface area (Å²) in [4.78, 5) is 4.92. The van der Waals surface area contributed by atoms with E-state index in [9.17, 15) is 0 Å². The van der Waals surface area contributed by atoms with Crippen molar-refractivity contribution in [1.29, 1.82) is 0 Å². The molecule has 1 fully saturated rings. The topological polar surface area (TPSA) is 41.7 Å². The predicted molar refractivity (Wildman–Crippen MR) is 83.0 cm³/mol. The van der Waals surface area contributed by atoms with Crippen molar-refractivity contribution in [3.05, 3.63) is 29.8 Å². The van der Waals surface area contributed by atoms with Gasteiger partial charge in [-0.2, -0.15) is 0 Å².